The van der Waals surface area contributed by atoms with Crippen LogP contribution >= 0.6 is 0 Å². The van der Waals surface area contributed by atoms with Crippen LogP contribution in [-0.4, -0.2) is 53.6 Å². The SMILES string of the molecule is CN1C(=O)CCC2C3CC=C4CC5(CCC4(C)C3[C@@H](O)CC21C)OCCO5. The number of likely N-dealkylation sites (tertiary alicyclic amines) is 1. The number of hydrogen-bond donors (Lipinski definition) is 1. The fraction of sp³-hybridized carbons (Fsp3) is 0.864. The average Bonchev–Trinajstić information content (AvgIpc) is 3.08. The molecule has 1 N–H and O–H groups in total. The van der Waals surface area contributed by atoms with Crippen LogP contribution in [0.5, 0.6) is 0 Å². The van der Waals surface area contributed by atoms with Crippen molar-refractivity contribution >= 4 is 5.91 Å². The van der Waals surface area contributed by atoms with Crippen LogP contribution in [0.4, 0.5) is 0 Å². The molecule has 5 unspecified atom stereocenters. The Hall–Kier alpha value is -0.910. The molecule has 5 rings (SSSR count). The molecule has 6 atom stereocenters. The third kappa shape index (κ3) is 2.37. The van der Waals surface area contributed by atoms with Gasteiger partial charge in [0, 0.05) is 31.8 Å². The van der Waals surface area contributed by atoms with Gasteiger partial charge in [0.05, 0.1) is 19.3 Å². The predicted octanol–water partition coefficient (Wildman–Crippen LogP) is 2.87. The lowest BCUT2D eigenvalue weighted by molar-refractivity contribution is -0.198. The average molecular weight is 376 g/mol. The third-order valence-corrected chi connectivity index (χ3v) is 9.03. The minimum absolute atomic E-state index is 0.0181. The molecule has 0 aromatic carbocycles. The molecule has 150 valence electrons. The first-order valence-corrected chi connectivity index (χ1v) is 10.7. The van der Waals surface area contributed by atoms with Crippen LogP contribution in [0.15, 0.2) is 11.6 Å². The number of carbonyl (C=O) groups is 1. The number of carbonyl (C=O) groups excluding carboxylic acids is 1. The molecule has 2 heterocycles. The maximum Gasteiger partial charge on any atom is 0.222 e. The fourth-order valence-corrected chi connectivity index (χ4v) is 7.45. The molecule has 2 saturated carbocycles. The summed E-state index contributed by atoms with van der Waals surface area (Å²) in [6.45, 7) is 5.95. The molecule has 5 aliphatic rings. The Morgan fingerprint density at radius 1 is 1.22 bits per heavy atom. The highest BCUT2D eigenvalue weighted by Gasteiger charge is 2.62. The first-order chi connectivity index (χ1) is 12.8. The van der Waals surface area contributed by atoms with Crippen LogP contribution in [0, 0.1) is 23.2 Å². The Morgan fingerprint density at radius 3 is 2.70 bits per heavy atom. The second-order valence-electron chi connectivity index (χ2n) is 10.1. The summed E-state index contributed by atoms with van der Waals surface area (Å²) in [6.07, 6.45) is 8.15. The highest BCUT2D eigenvalue weighted by atomic mass is 16.7. The summed E-state index contributed by atoms with van der Waals surface area (Å²) in [5.41, 5.74) is 1.23. The monoisotopic (exact) mass is 375 g/mol. The summed E-state index contributed by atoms with van der Waals surface area (Å²) in [4.78, 5) is 14.3. The number of allylic oxidation sites excluding steroid dienone is 1. The van der Waals surface area contributed by atoms with Gasteiger partial charge in [0.25, 0.3) is 0 Å². The summed E-state index contributed by atoms with van der Waals surface area (Å²) < 4.78 is 12.0. The lowest BCUT2D eigenvalue weighted by Gasteiger charge is -2.63. The van der Waals surface area contributed by atoms with Crippen LogP contribution in [-0.2, 0) is 14.3 Å². The highest BCUT2D eigenvalue weighted by Crippen LogP contribution is 2.63. The number of nitrogens with zero attached hydrogens (tertiary/aromatic N) is 1. The van der Waals surface area contributed by atoms with Gasteiger partial charge in [-0.25, -0.2) is 0 Å². The van der Waals surface area contributed by atoms with E-state index in [0.29, 0.717) is 37.9 Å². The number of amides is 1. The van der Waals surface area contributed by atoms with Crippen molar-refractivity contribution in [2.75, 3.05) is 20.3 Å². The van der Waals surface area contributed by atoms with E-state index in [2.05, 4.69) is 19.9 Å². The molecule has 2 aliphatic heterocycles. The second-order valence-corrected chi connectivity index (χ2v) is 10.1. The molecular weight excluding hydrogens is 342 g/mol. The molecule has 0 radical (unpaired) electrons. The maximum absolute atomic E-state index is 12.4. The minimum Gasteiger partial charge on any atom is -0.393 e. The van der Waals surface area contributed by atoms with Crippen molar-refractivity contribution in [1.29, 1.82) is 0 Å². The van der Waals surface area contributed by atoms with Crippen LogP contribution in [0.3, 0.4) is 0 Å². The summed E-state index contributed by atoms with van der Waals surface area (Å²) >= 11 is 0. The number of aliphatic hydroxyl groups excluding tert-OH is 1. The van der Waals surface area contributed by atoms with Gasteiger partial charge in [0.15, 0.2) is 5.79 Å². The van der Waals surface area contributed by atoms with E-state index in [9.17, 15) is 9.90 Å². The Bertz CT molecular complexity index is 684. The summed E-state index contributed by atoms with van der Waals surface area (Å²) in [5, 5.41) is 11.3. The topological polar surface area (TPSA) is 59.0 Å². The van der Waals surface area contributed by atoms with Crippen molar-refractivity contribution in [2.24, 2.45) is 23.2 Å². The largest absolute Gasteiger partial charge is 0.393 e. The molecule has 1 spiro atoms. The summed E-state index contributed by atoms with van der Waals surface area (Å²) in [5.74, 6) is 1.01. The standard InChI is InChI=1S/C22H33NO4/c1-20-8-9-22(26-10-11-27-22)12-14(20)4-5-15-16-6-7-18(25)23(3)21(16,2)13-17(24)19(15)20/h4,15-17,19,24H,5-13H2,1-3H3/t15?,16?,17-,19?,20?,21?/m0/s1. The van der Waals surface area contributed by atoms with Crippen LogP contribution in [0.1, 0.15) is 58.8 Å². The number of aliphatic hydroxyl groups is 1. The van der Waals surface area contributed by atoms with E-state index in [4.69, 9.17) is 9.47 Å². The molecule has 0 aromatic heterocycles. The molecule has 27 heavy (non-hydrogen) atoms. The zero-order valence-corrected chi connectivity index (χ0v) is 16.9. The molecule has 5 nitrogen and oxygen atoms in total. The molecule has 1 amide bonds. The Balaban J connectivity index is 1.50. The number of piperidine rings is 1. The molecule has 2 saturated heterocycles. The maximum atomic E-state index is 12.4. The van der Waals surface area contributed by atoms with Gasteiger partial charge in [-0.15, -0.1) is 0 Å². The van der Waals surface area contributed by atoms with Gasteiger partial charge in [0.1, 0.15) is 0 Å². The molecular formula is C22H33NO4. The number of ether oxygens (including phenoxy) is 2. The van der Waals surface area contributed by atoms with Gasteiger partial charge in [-0.05, 0) is 55.8 Å². The van der Waals surface area contributed by atoms with E-state index in [1.807, 2.05) is 11.9 Å². The summed E-state index contributed by atoms with van der Waals surface area (Å²) in [6, 6.07) is 0. The Kier molecular flexibility index (Phi) is 3.90. The van der Waals surface area contributed by atoms with E-state index >= 15 is 0 Å². The van der Waals surface area contributed by atoms with Gasteiger partial charge in [-0.3, -0.25) is 4.79 Å². The highest BCUT2D eigenvalue weighted by molar-refractivity contribution is 5.77. The van der Waals surface area contributed by atoms with Gasteiger partial charge in [0.2, 0.25) is 5.91 Å². The molecule has 0 aromatic rings. The smallest absolute Gasteiger partial charge is 0.222 e. The van der Waals surface area contributed by atoms with E-state index in [1.165, 1.54) is 5.57 Å². The van der Waals surface area contributed by atoms with Crippen molar-refractivity contribution in [1.82, 2.24) is 4.90 Å². The first-order valence-electron chi connectivity index (χ1n) is 10.7. The summed E-state index contributed by atoms with van der Waals surface area (Å²) in [7, 11) is 1.94. The molecule has 0 bridgehead atoms. The van der Waals surface area contributed by atoms with E-state index in [-0.39, 0.29) is 28.9 Å². The lowest BCUT2D eigenvalue weighted by Crippen LogP contribution is -2.66. The van der Waals surface area contributed by atoms with Gasteiger partial charge < -0.3 is 19.5 Å². The Morgan fingerprint density at radius 2 is 1.96 bits per heavy atom. The van der Waals surface area contributed by atoms with Gasteiger partial charge in [-0.1, -0.05) is 18.6 Å². The molecule has 3 aliphatic carbocycles. The fourth-order valence-electron chi connectivity index (χ4n) is 7.45. The van der Waals surface area contributed by atoms with Crippen LogP contribution < -0.4 is 0 Å². The van der Waals surface area contributed by atoms with Crippen molar-refractivity contribution in [3.8, 4) is 0 Å². The normalized spacial score (nSPS) is 48.7. The van der Waals surface area contributed by atoms with Gasteiger partial charge >= 0.3 is 0 Å². The van der Waals surface area contributed by atoms with E-state index in [1.54, 1.807) is 0 Å². The third-order valence-electron chi connectivity index (χ3n) is 9.03. The minimum atomic E-state index is -0.413. The number of fused-ring (bicyclic) bond motifs is 5. The number of rotatable bonds is 0. The van der Waals surface area contributed by atoms with Crippen LogP contribution in [0.2, 0.25) is 0 Å². The zero-order chi connectivity index (χ0) is 19.0. The van der Waals surface area contributed by atoms with Crippen molar-refractivity contribution in [3.05, 3.63) is 11.6 Å². The predicted molar refractivity (Wildman–Crippen MR) is 101 cm³/mol. The van der Waals surface area contributed by atoms with Crippen LogP contribution in [0.25, 0.3) is 0 Å². The van der Waals surface area contributed by atoms with Crippen molar-refractivity contribution < 1.29 is 19.4 Å². The van der Waals surface area contributed by atoms with E-state index in [0.717, 1.165) is 32.1 Å². The van der Waals surface area contributed by atoms with Crippen molar-refractivity contribution in [2.45, 2.75) is 76.2 Å². The van der Waals surface area contributed by atoms with Crippen molar-refractivity contribution in [3.63, 3.8) is 0 Å². The molecule has 5 heteroatoms. The number of hydrogen-bond acceptors (Lipinski definition) is 4. The quantitative estimate of drug-likeness (QED) is 0.662. The molecule has 4 fully saturated rings. The first kappa shape index (κ1) is 18.1. The van der Waals surface area contributed by atoms with E-state index < -0.39 is 5.79 Å². The second kappa shape index (κ2) is 5.80. The van der Waals surface area contributed by atoms with Gasteiger partial charge in [-0.2, -0.15) is 0 Å². The zero-order valence-electron chi connectivity index (χ0n) is 16.9. The lowest BCUT2D eigenvalue weighted by atomic mass is 9.46. The Labute approximate surface area is 162 Å².